The van der Waals surface area contributed by atoms with Crippen LogP contribution in [0.3, 0.4) is 0 Å². The standard InChI is InChI=1S/C20H13ClN2O/c21-17-10-11-19-22-20(18(13-24)23(19)12-17)16-8-6-15(7-9-16)14-4-2-1-3-5-14/h1-13H. The Bertz CT molecular complexity index is 1020. The summed E-state index contributed by atoms with van der Waals surface area (Å²) in [6.07, 6.45) is 2.52. The zero-order chi connectivity index (χ0) is 16.5. The number of carbonyl (C=O) groups excluding carboxylic acids is 1. The Morgan fingerprint density at radius 2 is 1.50 bits per heavy atom. The zero-order valence-corrected chi connectivity index (χ0v) is 13.4. The molecule has 0 atom stereocenters. The molecule has 4 heteroatoms. The van der Waals surface area contributed by atoms with Gasteiger partial charge < -0.3 is 0 Å². The van der Waals surface area contributed by atoms with Gasteiger partial charge in [0.15, 0.2) is 6.29 Å². The molecule has 0 fully saturated rings. The molecule has 0 amide bonds. The maximum absolute atomic E-state index is 11.6. The van der Waals surface area contributed by atoms with Crippen LogP contribution in [0.15, 0.2) is 72.9 Å². The summed E-state index contributed by atoms with van der Waals surface area (Å²) in [7, 11) is 0. The van der Waals surface area contributed by atoms with E-state index < -0.39 is 0 Å². The van der Waals surface area contributed by atoms with Crippen molar-refractivity contribution < 1.29 is 4.79 Å². The van der Waals surface area contributed by atoms with E-state index in [4.69, 9.17) is 11.6 Å². The van der Waals surface area contributed by atoms with Crippen LogP contribution in [0, 0.1) is 0 Å². The third-order valence-electron chi connectivity index (χ3n) is 4.00. The summed E-state index contributed by atoms with van der Waals surface area (Å²) >= 11 is 6.03. The van der Waals surface area contributed by atoms with Gasteiger partial charge in [-0.25, -0.2) is 4.98 Å². The van der Waals surface area contributed by atoms with Crippen molar-refractivity contribution in [2.75, 3.05) is 0 Å². The largest absolute Gasteiger partial charge is 0.296 e. The second-order valence-electron chi connectivity index (χ2n) is 5.48. The van der Waals surface area contributed by atoms with Crippen molar-refractivity contribution in [3.05, 3.63) is 83.6 Å². The number of pyridine rings is 1. The van der Waals surface area contributed by atoms with E-state index in [9.17, 15) is 4.79 Å². The molecule has 2 aromatic carbocycles. The number of aldehydes is 1. The molecule has 4 rings (SSSR count). The van der Waals surface area contributed by atoms with E-state index >= 15 is 0 Å². The van der Waals surface area contributed by atoms with Gasteiger partial charge in [-0.1, -0.05) is 66.2 Å². The Balaban J connectivity index is 1.82. The molecule has 0 aliphatic rings. The number of hydrogen-bond acceptors (Lipinski definition) is 2. The molecular weight excluding hydrogens is 320 g/mol. The zero-order valence-electron chi connectivity index (χ0n) is 12.7. The van der Waals surface area contributed by atoms with Crippen LogP contribution in [0.4, 0.5) is 0 Å². The first-order valence-corrected chi connectivity index (χ1v) is 7.93. The smallest absolute Gasteiger partial charge is 0.169 e. The molecule has 0 N–H and O–H groups in total. The Labute approximate surface area is 144 Å². The molecule has 0 unspecified atom stereocenters. The SMILES string of the molecule is O=Cc1c(-c2ccc(-c3ccccc3)cc2)nc2ccc(Cl)cn12. The number of carbonyl (C=O) groups is 1. The number of benzene rings is 2. The van der Waals surface area contributed by atoms with Gasteiger partial charge in [0.2, 0.25) is 0 Å². The monoisotopic (exact) mass is 332 g/mol. The molecule has 116 valence electrons. The minimum absolute atomic E-state index is 0.500. The molecule has 0 spiro atoms. The molecule has 0 bridgehead atoms. The van der Waals surface area contributed by atoms with Gasteiger partial charge >= 0.3 is 0 Å². The van der Waals surface area contributed by atoms with Gasteiger partial charge in [0.05, 0.1) is 5.02 Å². The van der Waals surface area contributed by atoms with E-state index in [1.54, 1.807) is 22.7 Å². The highest BCUT2D eigenvalue weighted by Crippen LogP contribution is 2.27. The van der Waals surface area contributed by atoms with Crippen molar-refractivity contribution in [2.45, 2.75) is 0 Å². The Hall–Kier alpha value is -2.91. The summed E-state index contributed by atoms with van der Waals surface area (Å²) in [5.41, 5.74) is 5.03. The molecule has 4 aromatic rings. The van der Waals surface area contributed by atoms with Gasteiger partial charge in [-0.15, -0.1) is 0 Å². The van der Waals surface area contributed by atoms with E-state index in [1.165, 1.54) is 0 Å². The van der Waals surface area contributed by atoms with E-state index in [1.807, 2.05) is 42.5 Å². The number of hydrogen-bond donors (Lipinski definition) is 0. The summed E-state index contributed by atoms with van der Waals surface area (Å²) in [4.78, 5) is 16.1. The molecule has 0 aliphatic carbocycles. The molecule has 0 saturated carbocycles. The highest BCUT2D eigenvalue weighted by atomic mass is 35.5. The van der Waals surface area contributed by atoms with Crippen molar-refractivity contribution in [3.63, 3.8) is 0 Å². The fourth-order valence-corrected chi connectivity index (χ4v) is 2.97. The van der Waals surface area contributed by atoms with Crippen LogP contribution in [-0.4, -0.2) is 15.7 Å². The van der Waals surface area contributed by atoms with Crippen LogP contribution in [0.1, 0.15) is 10.5 Å². The summed E-state index contributed by atoms with van der Waals surface area (Å²) in [5.74, 6) is 0. The average Bonchev–Trinajstić information content (AvgIpc) is 3.00. The van der Waals surface area contributed by atoms with Crippen LogP contribution in [0.5, 0.6) is 0 Å². The minimum Gasteiger partial charge on any atom is -0.296 e. The van der Waals surface area contributed by atoms with Crippen molar-refractivity contribution in [3.8, 4) is 22.4 Å². The van der Waals surface area contributed by atoms with Crippen LogP contribution in [-0.2, 0) is 0 Å². The van der Waals surface area contributed by atoms with Crippen LogP contribution < -0.4 is 0 Å². The Kier molecular flexibility index (Phi) is 3.63. The van der Waals surface area contributed by atoms with Gasteiger partial charge in [-0.3, -0.25) is 9.20 Å². The quantitative estimate of drug-likeness (QED) is 0.487. The molecule has 2 heterocycles. The third-order valence-corrected chi connectivity index (χ3v) is 4.22. The first-order valence-electron chi connectivity index (χ1n) is 7.55. The topological polar surface area (TPSA) is 34.4 Å². The maximum atomic E-state index is 11.6. The number of nitrogens with zero attached hydrogens (tertiary/aromatic N) is 2. The second-order valence-corrected chi connectivity index (χ2v) is 5.92. The van der Waals surface area contributed by atoms with Crippen molar-refractivity contribution in [1.29, 1.82) is 0 Å². The summed E-state index contributed by atoms with van der Waals surface area (Å²) in [6, 6.07) is 21.8. The summed E-state index contributed by atoms with van der Waals surface area (Å²) in [5, 5.41) is 0.564. The van der Waals surface area contributed by atoms with E-state index in [0.29, 0.717) is 22.1 Å². The highest BCUT2D eigenvalue weighted by Gasteiger charge is 2.13. The summed E-state index contributed by atoms with van der Waals surface area (Å²) < 4.78 is 1.72. The number of aromatic nitrogens is 2. The fourth-order valence-electron chi connectivity index (χ4n) is 2.81. The van der Waals surface area contributed by atoms with Gasteiger partial charge in [-0.05, 0) is 23.3 Å². The molecule has 0 radical (unpaired) electrons. The maximum Gasteiger partial charge on any atom is 0.169 e. The predicted molar refractivity (Wildman–Crippen MR) is 96.5 cm³/mol. The normalized spacial score (nSPS) is 10.9. The number of halogens is 1. The van der Waals surface area contributed by atoms with Gasteiger partial charge in [0, 0.05) is 11.8 Å². The van der Waals surface area contributed by atoms with Crippen molar-refractivity contribution in [2.24, 2.45) is 0 Å². The van der Waals surface area contributed by atoms with Crippen LogP contribution in [0.2, 0.25) is 5.02 Å². The van der Waals surface area contributed by atoms with Gasteiger partial charge in [0.25, 0.3) is 0 Å². The number of imidazole rings is 1. The molecule has 0 aliphatic heterocycles. The lowest BCUT2D eigenvalue weighted by atomic mass is 10.0. The van der Waals surface area contributed by atoms with Crippen molar-refractivity contribution in [1.82, 2.24) is 9.38 Å². The van der Waals surface area contributed by atoms with Crippen LogP contribution in [0.25, 0.3) is 28.0 Å². The lowest BCUT2D eigenvalue weighted by Gasteiger charge is -2.03. The molecule has 0 saturated heterocycles. The van der Waals surface area contributed by atoms with Crippen molar-refractivity contribution >= 4 is 23.5 Å². The van der Waals surface area contributed by atoms with E-state index in [2.05, 4.69) is 17.1 Å². The molecular formula is C20H13ClN2O. The Morgan fingerprint density at radius 3 is 2.21 bits per heavy atom. The molecule has 3 nitrogen and oxygen atoms in total. The summed E-state index contributed by atoms with van der Waals surface area (Å²) in [6.45, 7) is 0. The van der Waals surface area contributed by atoms with Gasteiger partial charge in [0.1, 0.15) is 17.0 Å². The lowest BCUT2D eigenvalue weighted by molar-refractivity contribution is 0.111. The van der Waals surface area contributed by atoms with E-state index in [0.717, 1.165) is 23.0 Å². The molecule has 24 heavy (non-hydrogen) atoms. The highest BCUT2D eigenvalue weighted by molar-refractivity contribution is 6.30. The van der Waals surface area contributed by atoms with Crippen LogP contribution >= 0.6 is 11.6 Å². The average molecular weight is 333 g/mol. The first kappa shape index (κ1) is 14.7. The third kappa shape index (κ3) is 2.49. The van der Waals surface area contributed by atoms with Gasteiger partial charge in [-0.2, -0.15) is 0 Å². The second kappa shape index (κ2) is 5.95. The predicted octanol–water partition coefficient (Wildman–Crippen LogP) is 5.13. The Morgan fingerprint density at radius 1 is 0.833 bits per heavy atom. The minimum atomic E-state index is 0.500. The number of fused-ring (bicyclic) bond motifs is 1. The fraction of sp³-hybridized carbons (Fsp3) is 0. The molecule has 2 aromatic heterocycles. The first-order chi connectivity index (χ1) is 11.8. The lowest BCUT2D eigenvalue weighted by Crippen LogP contribution is -1.92. The number of rotatable bonds is 3. The van der Waals surface area contributed by atoms with E-state index in [-0.39, 0.29) is 0 Å².